The van der Waals surface area contributed by atoms with Crippen molar-refractivity contribution in [1.82, 2.24) is 0 Å². The maximum absolute atomic E-state index is 11.0. The zero-order valence-electron chi connectivity index (χ0n) is 17.7. The Hall–Kier alpha value is -4.50. The molecule has 6 rings (SSSR count). The molecule has 0 fully saturated rings. The van der Waals surface area contributed by atoms with Crippen LogP contribution >= 0.6 is 0 Å². The fourth-order valence-corrected chi connectivity index (χ4v) is 4.90. The van der Waals surface area contributed by atoms with Crippen molar-refractivity contribution in [2.24, 2.45) is 0 Å². The van der Waals surface area contributed by atoms with Crippen molar-refractivity contribution < 1.29 is 15.3 Å². The minimum Gasteiger partial charge on any atom is -0.507 e. The molecule has 158 valence electrons. The highest BCUT2D eigenvalue weighted by Crippen LogP contribution is 2.46. The molecule has 3 nitrogen and oxygen atoms in total. The first-order valence-electron chi connectivity index (χ1n) is 10.8. The predicted molar refractivity (Wildman–Crippen MR) is 135 cm³/mol. The summed E-state index contributed by atoms with van der Waals surface area (Å²) in [5, 5.41) is 37.4. The van der Waals surface area contributed by atoms with E-state index in [2.05, 4.69) is 0 Å². The van der Waals surface area contributed by atoms with Gasteiger partial charge in [0.2, 0.25) is 0 Å². The second-order valence-electron chi connectivity index (χ2n) is 8.22. The Bertz CT molecular complexity index is 1700. The SMILES string of the molecule is Oc1ccc2ccccc2c1-c1ccc(-c2cccc3c(O)cccc23)c2cccc(O)c12. The molecule has 0 atom stereocenters. The Morgan fingerprint density at radius 1 is 0.364 bits per heavy atom. The monoisotopic (exact) mass is 428 g/mol. The van der Waals surface area contributed by atoms with E-state index in [9.17, 15) is 15.3 Å². The number of hydrogen-bond donors (Lipinski definition) is 3. The first-order chi connectivity index (χ1) is 16.1. The number of fused-ring (bicyclic) bond motifs is 3. The van der Waals surface area contributed by atoms with Crippen LogP contribution in [0.1, 0.15) is 0 Å². The van der Waals surface area contributed by atoms with Gasteiger partial charge in [-0.2, -0.15) is 0 Å². The third-order valence-corrected chi connectivity index (χ3v) is 6.38. The maximum atomic E-state index is 11.0. The summed E-state index contributed by atoms with van der Waals surface area (Å²) in [5.74, 6) is 0.555. The maximum Gasteiger partial charge on any atom is 0.124 e. The topological polar surface area (TPSA) is 60.7 Å². The molecule has 0 radical (unpaired) electrons. The van der Waals surface area contributed by atoms with E-state index in [1.807, 2.05) is 84.9 Å². The summed E-state index contributed by atoms with van der Waals surface area (Å²) in [6.07, 6.45) is 0. The largest absolute Gasteiger partial charge is 0.507 e. The van der Waals surface area contributed by atoms with Gasteiger partial charge in [0.1, 0.15) is 17.2 Å². The summed E-state index contributed by atoms with van der Waals surface area (Å²) >= 11 is 0. The lowest BCUT2D eigenvalue weighted by atomic mass is 9.88. The van der Waals surface area contributed by atoms with Crippen molar-refractivity contribution in [3.05, 3.63) is 103 Å². The number of hydrogen-bond acceptors (Lipinski definition) is 3. The fraction of sp³-hybridized carbons (Fsp3) is 0. The van der Waals surface area contributed by atoms with Crippen LogP contribution in [0.3, 0.4) is 0 Å². The van der Waals surface area contributed by atoms with E-state index in [1.165, 1.54) is 0 Å². The van der Waals surface area contributed by atoms with Crippen molar-refractivity contribution in [2.45, 2.75) is 0 Å². The van der Waals surface area contributed by atoms with Crippen molar-refractivity contribution in [3.63, 3.8) is 0 Å². The van der Waals surface area contributed by atoms with Crippen molar-refractivity contribution in [3.8, 4) is 39.5 Å². The van der Waals surface area contributed by atoms with Crippen LogP contribution in [0, 0.1) is 0 Å². The molecular formula is C30H20O3. The van der Waals surface area contributed by atoms with Crippen LogP contribution in [-0.2, 0) is 0 Å². The molecule has 3 N–H and O–H groups in total. The van der Waals surface area contributed by atoms with Gasteiger partial charge in [0.05, 0.1) is 0 Å². The third-order valence-electron chi connectivity index (χ3n) is 6.38. The van der Waals surface area contributed by atoms with Crippen molar-refractivity contribution in [1.29, 1.82) is 0 Å². The van der Waals surface area contributed by atoms with Gasteiger partial charge in [-0.3, -0.25) is 0 Å². The molecule has 33 heavy (non-hydrogen) atoms. The molecule has 0 saturated carbocycles. The van der Waals surface area contributed by atoms with Gasteiger partial charge >= 0.3 is 0 Å². The Kier molecular flexibility index (Phi) is 4.24. The summed E-state index contributed by atoms with van der Waals surface area (Å²) in [6.45, 7) is 0. The number of rotatable bonds is 2. The van der Waals surface area contributed by atoms with Crippen LogP contribution in [0.25, 0.3) is 54.6 Å². The van der Waals surface area contributed by atoms with Gasteiger partial charge in [-0.05, 0) is 56.4 Å². The summed E-state index contributed by atoms with van der Waals surface area (Å²) in [6, 6.07) is 32.3. The molecule has 6 aromatic carbocycles. The van der Waals surface area contributed by atoms with Gasteiger partial charge in [-0.15, -0.1) is 0 Å². The molecule has 0 unspecified atom stereocenters. The highest BCUT2D eigenvalue weighted by molar-refractivity contribution is 6.15. The van der Waals surface area contributed by atoms with E-state index in [1.54, 1.807) is 18.2 Å². The van der Waals surface area contributed by atoms with Crippen LogP contribution in [0.4, 0.5) is 0 Å². The molecule has 0 aromatic heterocycles. The van der Waals surface area contributed by atoms with E-state index in [0.717, 1.165) is 43.6 Å². The minimum atomic E-state index is 0.153. The van der Waals surface area contributed by atoms with Gasteiger partial charge in [-0.1, -0.05) is 84.9 Å². The Balaban J connectivity index is 1.73. The highest BCUT2D eigenvalue weighted by atomic mass is 16.3. The van der Waals surface area contributed by atoms with E-state index in [-0.39, 0.29) is 17.2 Å². The van der Waals surface area contributed by atoms with Crippen LogP contribution < -0.4 is 0 Å². The van der Waals surface area contributed by atoms with E-state index >= 15 is 0 Å². The quantitative estimate of drug-likeness (QED) is 0.266. The lowest BCUT2D eigenvalue weighted by molar-refractivity contribution is 0.477. The zero-order chi connectivity index (χ0) is 22.5. The molecule has 6 aromatic rings. The molecule has 0 aliphatic rings. The molecule has 0 aliphatic heterocycles. The minimum absolute atomic E-state index is 0.153. The zero-order valence-corrected chi connectivity index (χ0v) is 17.7. The average molecular weight is 428 g/mol. The Morgan fingerprint density at radius 2 is 1.00 bits per heavy atom. The molecule has 0 saturated heterocycles. The molecule has 0 spiro atoms. The molecular weight excluding hydrogens is 408 g/mol. The first kappa shape index (κ1) is 19.2. The van der Waals surface area contributed by atoms with E-state index < -0.39 is 0 Å². The van der Waals surface area contributed by atoms with E-state index in [4.69, 9.17) is 0 Å². The number of benzene rings is 6. The van der Waals surface area contributed by atoms with E-state index in [0.29, 0.717) is 10.9 Å². The van der Waals surface area contributed by atoms with Gasteiger partial charge in [0, 0.05) is 16.3 Å². The number of aromatic hydroxyl groups is 3. The van der Waals surface area contributed by atoms with Gasteiger partial charge in [0.25, 0.3) is 0 Å². The van der Waals surface area contributed by atoms with Gasteiger partial charge < -0.3 is 15.3 Å². The van der Waals surface area contributed by atoms with Crippen LogP contribution in [0.5, 0.6) is 17.2 Å². The van der Waals surface area contributed by atoms with Crippen LogP contribution in [-0.4, -0.2) is 15.3 Å². The molecule has 0 aliphatic carbocycles. The van der Waals surface area contributed by atoms with Crippen LogP contribution in [0.15, 0.2) is 103 Å². The highest BCUT2D eigenvalue weighted by Gasteiger charge is 2.18. The summed E-state index contributed by atoms with van der Waals surface area (Å²) < 4.78 is 0. The second-order valence-corrected chi connectivity index (χ2v) is 8.22. The molecule has 0 amide bonds. The normalized spacial score (nSPS) is 11.4. The average Bonchev–Trinajstić information content (AvgIpc) is 2.84. The Labute approximate surface area is 190 Å². The summed E-state index contributed by atoms with van der Waals surface area (Å²) in [4.78, 5) is 0. The lowest BCUT2D eigenvalue weighted by Crippen LogP contribution is -1.90. The predicted octanol–water partition coefficient (Wildman–Crippen LogP) is 7.60. The van der Waals surface area contributed by atoms with Crippen LogP contribution in [0.2, 0.25) is 0 Å². The smallest absolute Gasteiger partial charge is 0.124 e. The second kappa shape index (κ2) is 7.28. The number of phenolic OH excluding ortho intramolecular Hbond substituents is 3. The summed E-state index contributed by atoms with van der Waals surface area (Å²) in [7, 11) is 0. The standard InChI is InChI=1S/C30H20O3/c31-26-12-4-9-21-20(8-3-10-23(21)26)22-15-16-25(30-24(22)11-5-13-27(30)32)29-19-7-2-1-6-18(19)14-17-28(29)33/h1-17,31-33H. The van der Waals surface area contributed by atoms with Gasteiger partial charge in [-0.25, -0.2) is 0 Å². The molecule has 3 heteroatoms. The van der Waals surface area contributed by atoms with Gasteiger partial charge in [0.15, 0.2) is 0 Å². The summed E-state index contributed by atoms with van der Waals surface area (Å²) in [5.41, 5.74) is 3.37. The number of phenols is 3. The molecule has 0 heterocycles. The third kappa shape index (κ3) is 2.90. The Morgan fingerprint density at radius 3 is 1.88 bits per heavy atom. The fourth-order valence-electron chi connectivity index (χ4n) is 4.90. The van der Waals surface area contributed by atoms with Crippen molar-refractivity contribution in [2.75, 3.05) is 0 Å². The molecule has 0 bridgehead atoms. The first-order valence-corrected chi connectivity index (χ1v) is 10.8. The lowest BCUT2D eigenvalue weighted by Gasteiger charge is -2.17. The van der Waals surface area contributed by atoms with Crippen molar-refractivity contribution >= 4 is 32.3 Å².